The molecule has 1 aromatic heterocycles. The molecule has 0 fully saturated rings. The first-order valence-electron chi connectivity index (χ1n) is 5.84. The van der Waals surface area contributed by atoms with Gasteiger partial charge in [-0.3, -0.25) is 14.7 Å². The molecule has 0 amide bonds. The lowest BCUT2D eigenvalue weighted by Crippen LogP contribution is -2.20. The number of rotatable bonds is 4. The lowest BCUT2D eigenvalue weighted by atomic mass is 10.1. The van der Waals surface area contributed by atoms with E-state index >= 15 is 0 Å². The van der Waals surface area contributed by atoms with E-state index < -0.39 is 5.56 Å². The fourth-order valence-corrected chi connectivity index (χ4v) is 2.37. The van der Waals surface area contributed by atoms with Crippen LogP contribution < -0.4 is 5.56 Å². The van der Waals surface area contributed by atoms with Gasteiger partial charge in [0.2, 0.25) is 0 Å². The molecule has 4 nitrogen and oxygen atoms in total. The van der Waals surface area contributed by atoms with Crippen molar-refractivity contribution >= 4 is 29.0 Å². The molecule has 100 valence electrons. The van der Waals surface area contributed by atoms with E-state index in [1.807, 2.05) is 6.92 Å². The summed E-state index contributed by atoms with van der Waals surface area (Å²) in [5.74, 6) is -0.189. The third-order valence-corrected chi connectivity index (χ3v) is 3.32. The highest BCUT2D eigenvalue weighted by molar-refractivity contribution is 6.37. The predicted molar refractivity (Wildman–Crippen MR) is 75.6 cm³/mol. The molecule has 0 radical (unpaired) electrons. The molecule has 0 aliphatic rings. The minimum atomic E-state index is -0.437. The van der Waals surface area contributed by atoms with Crippen LogP contribution in [-0.2, 0) is 0 Å². The number of carbonyl (C=O) groups excluding carboxylic acids is 1. The van der Waals surface area contributed by atoms with Gasteiger partial charge >= 0.3 is 0 Å². The normalized spacial score (nSPS) is 10.7. The summed E-state index contributed by atoms with van der Waals surface area (Å²) in [6.45, 7) is 1.88. The van der Waals surface area contributed by atoms with Crippen LogP contribution in [0.25, 0.3) is 5.69 Å². The summed E-state index contributed by atoms with van der Waals surface area (Å²) in [5, 5.41) is 3.40. The molecule has 0 saturated carbocycles. The first-order chi connectivity index (χ1) is 9.06. The summed E-state index contributed by atoms with van der Waals surface area (Å²) in [5.41, 5.74) is 0.0395. The zero-order chi connectivity index (χ0) is 14.0. The topological polar surface area (TPSA) is 54.9 Å². The molecule has 0 saturated heterocycles. The van der Waals surface area contributed by atoms with Gasteiger partial charge in [0, 0.05) is 12.6 Å². The van der Waals surface area contributed by atoms with Crippen molar-refractivity contribution in [1.82, 2.24) is 9.78 Å². The second-order valence-corrected chi connectivity index (χ2v) is 4.89. The van der Waals surface area contributed by atoms with Gasteiger partial charge < -0.3 is 0 Å². The van der Waals surface area contributed by atoms with E-state index in [0.29, 0.717) is 28.6 Å². The maximum absolute atomic E-state index is 12.2. The predicted octanol–water partition coefficient (Wildman–Crippen LogP) is 3.46. The maximum atomic E-state index is 12.2. The Hall–Kier alpha value is -1.52. The number of hydrogen-bond donors (Lipinski definition) is 1. The molecule has 2 aromatic rings. The van der Waals surface area contributed by atoms with E-state index in [1.54, 1.807) is 18.2 Å². The third-order valence-electron chi connectivity index (χ3n) is 2.71. The second-order valence-electron chi connectivity index (χ2n) is 4.07. The summed E-state index contributed by atoms with van der Waals surface area (Å²) in [6, 6.07) is 4.94. The molecular formula is C13H12Cl2N2O2. The van der Waals surface area contributed by atoms with Gasteiger partial charge in [-0.05, 0) is 18.6 Å². The smallest absolute Gasteiger partial charge is 0.282 e. The Bertz CT molecular complexity index is 653. The second kappa shape index (κ2) is 5.63. The van der Waals surface area contributed by atoms with Crippen molar-refractivity contribution < 1.29 is 4.79 Å². The number of nitrogens with one attached hydrogen (secondary N) is 1. The number of aromatic nitrogens is 2. The van der Waals surface area contributed by atoms with Crippen molar-refractivity contribution in [1.29, 1.82) is 0 Å². The molecule has 6 heteroatoms. The van der Waals surface area contributed by atoms with Gasteiger partial charge in [0.1, 0.15) is 11.3 Å². The van der Waals surface area contributed by atoms with E-state index in [4.69, 9.17) is 23.2 Å². The van der Waals surface area contributed by atoms with Crippen molar-refractivity contribution in [2.45, 2.75) is 19.8 Å². The van der Waals surface area contributed by atoms with Crippen LogP contribution in [0.5, 0.6) is 0 Å². The van der Waals surface area contributed by atoms with Gasteiger partial charge in [0.05, 0.1) is 10.0 Å². The maximum Gasteiger partial charge on any atom is 0.282 e. The van der Waals surface area contributed by atoms with Crippen molar-refractivity contribution in [3.8, 4) is 5.69 Å². The van der Waals surface area contributed by atoms with E-state index in [-0.39, 0.29) is 11.3 Å². The molecule has 1 heterocycles. The molecule has 0 aliphatic carbocycles. The summed E-state index contributed by atoms with van der Waals surface area (Å²) >= 11 is 12.1. The SMILES string of the molecule is CCCC(=O)c1c[nH]n(-c2c(Cl)cccc2Cl)c1=O. The lowest BCUT2D eigenvalue weighted by molar-refractivity contribution is 0.0980. The zero-order valence-electron chi connectivity index (χ0n) is 10.2. The molecule has 0 aliphatic heterocycles. The molecule has 2 rings (SSSR count). The molecule has 1 N–H and O–H groups in total. The van der Waals surface area contributed by atoms with Crippen molar-refractivity contribution in [3.05, 3.63) is 50.4 Å². The molecular weight excluding hydrogens is 287 g/mol. The molecule has 0 atom stereocenters. The highest BCUT2D eigenvalue weighted by atomic mass is 35.5. The van der Waals surface area contributed by atoms with Crippen molar-refractivity contribution in [2.24, 2.45) is 0 Å². The minimum absolute atomic E-state index is 0.123. The van der Waals surface area contributed by atoms with Gasteiger partial charge in [-0.15, -0.1) is 0 Å². The summed E-state index contributed by atoms with van der Waals surface area (Å²) in [7, 11) is 0. The Morgan fingerprint density at radius 1 is 1.32 bits per heavy atom. The molecule has 0 bridgehead atoms. The molecule has 0 unspecified atom stereocenters. The van der Waals surface area contributed by atoms with Gasteiger partial charge in [0.25, 0.3) is 5.56 Å². The average Bonchev–Trinajstić information content (AvgIpc) is 2.72. The van der Waals surface area contributed by atoms with Gasteiger partial charge in [-0.25, -0.2) is 4.68 Å². The fourth-order valence-electron chi connectivity index (χ4n) is 1.80. The van der Waals surface area contributed by atoms with Crippen LogP contribution in [-0.4, -0.2) is 15.6 Å². The van der Waals surface area contributed by atoms with Crippen LogP contribution >= 0.6 is 23.2 Å². The third kappa shape index (κ3) is 2.60. The number of para-hydroxylation sites is 1. The molecule has 1 aromatic carbocycles. The van der Waals surface area contributed by atoms with E-state index in [9.17, 15) is 9.59 Å². The summed E-state index contributed by atoms with van der Waals surface area (Å²) in [4.78, 5) is 24.0. The molecule has 0 spiro atoms. The Morgan fingerprint density at radius 2 is 1.95 bits per heavy atom. The van der Waals surface area contributed by atoms with Crippen LogP contribution in [0.2, 0.25) is 10.0 Å². The van der Waals surface area contributed by atoms with Crippen LogP contribution in [0.15, 0.2) is 29.2 Å². The monoisotopic (exact) mass is 298 g/mol. The number of halogens is 2. The van der Waals surface area contributed by atoms with Crippen LogP contribution in [0, 0.1) is 0 Å². The molecule has 19 heavy (non-hydrogen) atoms. The number of H-pyrrole nitrogens is 1. The number of hydrogen-bond acceptors (Lipinski definition) is 2. The highest BCUT2D eigenvalue weighted by Gasteiger charge is 2.17. The zero-order valence-corrected chi connectivity index (χ0v) is 11.8. The lowest BCUT2D eigenvalue weighted by Gasteiger charge is -2.06. The van der Waals surface area contributed by atoms with Crippen molar-refractivity contribution in [3.63, 3.8) is 0 Å². The van der Waals surface area contributed by atoms with Crippen LogP contribution in [0.4, 0.5) is 0 Å². The Morgan fingerprint density at radius 3 is 2.53 bits per heavy atom. The van der Waals surface area contributed by atoms with Crippen molar-refractivity contribution in [2.75, 3.05) is 0 Å². The quantitative estimate of drug-likeness (QED) is 0.879. The number of ketones is 1. The summed E-state index contributed by atoms with van der Waals surface area (Å²) < 4.78 is 1.19. The first-order valence-corrected chi connectivity index (χ1v) is 6.59. The number of aromatic amines is 1. The van der Waals surface area contributed by atoms with Gasteiger partial charge in [-0.2, -0.15) is 0 Å². The number of carbonyl (C=O) groups is 1. The summed E-state index contributed by atoms with van der Waals surface area (Å²) in [6.07, 6.45) is 2.42. The fraction of sp³-hybridized carbons (Fsp3) is 0.231. The minimum Gasteiger partial charge on any atom is -0.297 e. The first kappa shape index (κ1) is 13.9. The Balaban J connectivity index is 2.54. The Labute approximate surface area is 119 Å². The highest BCUT2D eigenvalue weighted by Crippen LogP contribution is 2.26. The average molecular weight is 299 g/mol. The number of nitrogens with zero attached hydrogens (tertiary/aromatic N) is 1. The number of benzene rings is 1. The van der Waals surface area contributed by atoms with Crippen LogP contribution in [0.1, 0.15) is 30.1 Å². The van der Waals surface area contributed by atoms with Gasteiger partial charge in [0.15, 0.2) is 5.78 Å². The Kier molecular flexibility index (Phi) is 4.12. The van der Waals surface area contributed by atoms with Crippen LogP contribution in [0.3, 0.4) is 0 Å². The number of Topliss-reactive ketones (excluding diaryl/α,β-unsaturated/α-hetero) is 1. The van der Waals surface area contributed by atoms with E-state index in [0.717, 1.165) is 0 Å². The van der Waals surface area contributed by atoms with E-state index in [2.05, 4.69) is 5.10 Å². The van der Waals surface area contributed by atoms with Gasteiger partial charge in [-0.1, -0.05) is 36.2 Å². The van der Waals surface area contributed by atoms with E-state index in [1.165, 1.54) is 10.9 Å². The largest absolute Gasteiger partial charge is 0.297 e. The standard InChI is InChI=1S/C13H12Cl2N2O2/c1-2-4-11(18)8-7-16-17(13(8)19)12-9(14)5-3-6-10(12)15/h3,5-7,16H,2,4H2,1H3.